The third kappa shape index (κ3) is 5.10. The number of nitrogens with zero attached hydrogens (tertiary/aromatic N) is 2. The Balaban J connectivity index is 2.30. The number of hydrogen-bond donors (Lipinski definition) is 1. The van der Waals surface area contributed by atoms with Gasteiger partial charge in [0.1, 0.15) is 0 Å². The average Bonchev–Trinajstić information content (AvgIpc) is 2.52. The zero-order valence-electron chi connectivity index (χ0n) is 16.0. The highest BCUT2D eigenvalue weighted by Crippen LogP contribution is 2.33. The van der Waals surface area contributed by atoms with Crippen LogP contribution in [0.5, 0.6) is 11.5 Å². The zero-order chi connectivity index (χ0) is 17.7. The van der Waals surface area contributed by atoms with Crippen LogP contribution in [0.1, 0.15) is 32.4 Å². The summed E-state index contributed by atoms with van der Waals surface area (Å²) >= 11 is 0. The second-order valence-electron chi connectivity index (χ2n) is 7.21. The minimum absolute atomic E-state index is 0.126. The minimum atomic E-state index is 0.126. The van der Waals surface area contributed by atoms with Crippen LogP contribution in [0, 0.1) is 0 Å². The van der Waals surface area contributed by atoms with Gasteiger partial charge in [0.2, 0.25) is 0 Å². The fraction of sp³-hybridized carbons (Fsp3) is 0.684. The molecule has 5 nitrogen and oxygen atoms in total. The van der Waals surface area contributed by atoms with E-state index in [2.05, 4.69) is 48.3 Å². The topological polar surface area (TPSA) is 37.0 Å². The summed E-state index contributed by atoms with van der Waals surface area (Å²) in [6.07, 6.45) is 0.126. The summed E-state index contributed by atoms with van der Waals surface area (Å²) in [5.41, 5.74) is 1.29. The number of methoxy groups -OCH3 is 1. The molecule has 2 rings (SSSR count). The highest BCUT2D eigenvalue weighted by Gasteiger charge is 2.26. The van der Waals surface area contributed by atoms with E-state index >= 15 is 0 Å². The number of nitrogens with one attached hydrogen (secondary N) is 1. The summed E-state index contributed by atoms with van der Waals surface area (Å²) in [5.74, 6) is 1.63. The van der Waals surface area contributed by atoms with Crippen molar-refractivity contribution in [3.8, 4) is 11.5 Å². The Morgan fingerprint density at radius 3 is 2.62 bits per heavy atom. The summed E-state index contributed by atoms with van der Waals surface area (Å²) in [6, 6.07) is 7.23. The molecular weight excluding hydrogens is 302 g/mol. The van der Waals surface area contributed by atoms with E-state index in [-0.39, 0.29) is 6.10 Å². The van der Waals surface area contributed by atoms with Gasteiger partial charge in [0.25, 0.3) is 0 Å². The lowest BCUT2D eigenvalue weighted by Crippen LogP contribution is -2.51. The Bertz CT molecular complexity index is 519. The normalized spacial score (nSPS) is 20.4. The van der Waals surface area contributed by atoms with Crippen molar-refractivity contribution >= 4 is 0 Å². The molecule has 0 bridgehead atoms. The Kier molecular flexibility index (Phi) is 6.90. The van der Waals surface area contributed by atoms with E-state index < -0.39 is 0 Å². The van der Waals surface area contributed by atoms with Crippen LogP contribution in [-0.2, 0) is 0 Å². The van der Waals surface area contributed by atoms with Crippen LogP contribution in [0.3, 0.4) is 0 Å². The van der Waals surface area contributed by atoms with E-state index in [9.17, 15) is 0 Å². The molecule has 1 aliphatic rings. The predicted octanol–water partition coefficient (Wildman–Crippen LogP) is 2.38. The molecule has 0 radical (unpaired) electrons. The van der Waals surface area contributed by atoms with Gasteiger partial charge in [-0.05, 0) is 52.6 Å². The molecule has 1 heterocycles. The largest absolute Gasteiger partial charge is 0.493 e. The molecule has 5 heteroatoms. The first-order valence-corrected chi connectivity index (χ1v) is 8.87. The van der Waals surface area contributed by atoms with E-state index in [1.165, 1.54) is 5.56 Å². The summed E-state index contributed by atoms with van der Waals surface area (Å²) in [6.45, 7) is 10.5. The lowest BCUT2D eigenvalue weighted by Gasteiger charge is -2.39. The van der Waals surface area contributed by atoms with Crippen LogP contribution >= 0.6 is 0 Å². The molecule has 1 aromatic rings. The van der Waals surface area contributed by atoms with Gasteiger partial charge in [-0.3, -0.25) is 4.90 Å². The van der Waals surface area contributed by atoms with E-state index in [1.807, 2.05) is 19.9 Å². The van der Waals surface area contributed by atoms with Gasteiger partial charge >= 0.3 is 0 Å². The van der Waals surface area contributed by atoms with Crippen molar-refractivity contribution in [1.82, 2.24) is 15.1 Å². The van der Waals surface area contributed by atoms with Gasteiger partial charge in [-0.1, -0.05) is 6.07 Å². The molecule has 1 fully saturated rings. The molecule has 0 amide bonds. The Hall–Kier alpha value is -1.30. The van der Waals surface area contributed by atoms with Crippen molar-refractivity contribution in [2.45, 2.75) is 39.0 Å². The highest BCUT2D eigenvalue weighted by atomic mass is 16.5. The second-order valence-corrected chi connectivity index (χ2v) is 7.21. The molecule has 0 spiro atoms. The van der Waals surface area contributed by atoms with Crippen LogP contribution in [0.4, 0.5) is 0 Å². The van der Waals surface area contributed by atoms with Gasteiger partial charge in [0, 0.05) is 38.3 Å². The maximum Gasteiger partial charge on any atom is 0.161 e. The van der Waals surface area contributed by atoms with E-state index in [0.29, 0.717) is 12.1 Å². The lowest BCUT2D eigenvalue weighted by atomic mass is 10.0. The van der Waals surface area contributed by atoms with Gasteiger partial charge in [-0.2, -0.15) is 0 Å². The Labute approximate surface area is 146 Å². The standard InChI is InChI=1S/C19H33N3O2/c1-14(2)24-19-11-16(7-8-18(19)23-6)17(13-21(4)5)22-10-9-20-15(3)12-22/h7-8,11,14-15,17,20H,9-10,12-13H2,1-6H3. The molecule has 2 unspecified atom stereocenters. The van der Waals surface area contributed by atoms with Crippen molar-refractivity contribution in [3.05, 3.63) is 23.8 Å². The number of ether oxygens (including phenoxy) is 2. The molecule has 24 heavy (non-hydrogen) atoms. The van der Waals surface area contributed by atoms with Gasteiger partial charge in [0.05, 0.1) is 13.2 Å². The number of likely N-dealkylation sites (N-methyl/N-ethyl adjacent to an activating group) is 1. The second kappa shape index (κ2) is 8.70. The molecule has 1 aliphatic heterocycles. The summed E-state index contributed by atoms with van der Waals surface area (Å²) in [5, 5.41) is 3.53. The molecule has 1 N–H and O–H groups in total. The SMILES string of the molecule is COc1ccc(C(CN(C)C)N2CCNC(C)C2)cc1OC(C)C. The monoisotopic (exact) mass is 335 g/mol. The Morgan fingerprint density at radius 2 is 2.04 bits per heavy atom. The fourth-order valence-corrected chi connectivity index (χ4v) is 3.27. The zero-order valence-corrected chi connectivity index (χ0v) is 16.0. The molecule has 0 aliphatic carbocycles. The molecule has 0 saturated carbocycles. The van der Waals surface area contributed by atoms with Crippen LogP contribution in [0.2, 0.25) is 0 Å². The van der Waals surface area contributed by atoms with E-state index in [4.69, 9.17) is 9.47 Å². The van der Waals surface area contributed by atoms with Crippen molar-refractivity contribution in [3.63, 3.8) is 0 Å². The highest BCUT2D eigenvalue weighted by molar-refractivity contribution is 5.44. The predicted molar refractivity (Wildman–Crippen MR) is 99.1 cm³/mol. The molecule has 1 saturated heterocycles. The van der Waals surface area contributed by atoms with Crippen molar-refractivity contribution in [1.29, 1.82) is 0 Å². The number of piperazine rings is 1. The average molecular weight is 335 g/mol. The van der Waals surface area contributed by atoms with Gasteiger partial charge in [-0.15, -0.1) is 0 Å². The molecule has 1 aromatic carbocycles. The Morgan fingerprint density at radius 1 is 1.29 bits per heavy atom. The van der Waals surface area contributed by atoms with Gasteiger partial charge < -0.3 is 19.7 Å². The van der Waals surface area contributed by atoms with Gasteiger partial charge in [-0.25, -0.2) is 0 Å². The van der Waals surface area contributed by atoms with Crippen LogP contribution in [0.15, 0.2) is 18.2 Å². The van der Waals surface area contributed by atoms with Crippen molar-refractivity contribution in [2.75, 3.05) is 47.4 Å². The summed E-state index contributed by atoms with van der Waals surface area (Å²) in [7, 11) is 5.96. The maximum atomic E-state index is 5.97. The molecule has 0 aromatic heterocycles. The molecular formula is C19H33N3O2. The smallest absolute Gasteiger partial charge is 0.161 e. The third-order valence-electron chi connectivity index (χ3n) is 4.31. The van der Waals surface area contributed by atoms with Crippen molar-refractivity contribution in [2.24, 2.45) is 0 Å². The first-order valence-electron chi connectivity index (χ1n) is 8.87. The molecule has 2 atom stereocenters. The van der Waals surface area contributed by atoms with E-state index in [0.717, 1.165) is 37.7 Å². The van der Waals surface area contributed by atoms with E-state index in [1.54, 1.807) is 7.11 Å². The third-order valence-corrected chi connectivity index (χ3v) is 4.31. The van der Waals surface area contributed by atoms with Crippen LogP contribution in [-0.4, -0.2) is 69.3 Å². The van der Waals surface area contributed by atoms with Crippen LogP contribution < -0.4 is 14.8 Å². The quantitative estimate of drug-likeness (QED) is 0.828. The molecule has 136 valence electrons. The van der Waals surface area contributed by atoms with Gasteiger partial charge in [0.15, 0.2) is 11.5 Å². The van der Waals surface area contributed by atoms with Crippen LogP contribution in [0.25, 0.3) is 0 Å². The lowest BCUT2D eigenvalue weighted by molar-refractivity contribution is 0.124. The minimum Gasteiger partial charge on any atom is -0.493 e. The summed E-state index contributed by atoms with van der Waals surface area (Å²) in [4.78, 5) is 4.83. The number of hydrogen-bond acceptors (Lipinski definition) is 5. The first kappa shape index (κ1) is 19.0. The number of rotatable bonds is 7. The van der Waals surface area contributed by atoms with Crippen molar-refractivity contribution < 1.29 is 9.47 Å². The summed E-state index contributed by atoms with van der Waals surface area (Å²) < 4.78 is 11.4. The first-order chi connectivity index (χ1) is 11.4. The number of benzene rings is 1. The fourth-order valence-electron chi connectivity index (χ4n) is 3.27. The maximum absolute atomic E-state index is 5.97.